The minimum Gasteiger partial charge on any atom is -0.356 e. The van der Waals surface area contributed by atoms with E-state index in [1.54, 1.807) is 6.20 Å². The van der Waals surface area contributed by atoms with Gasteiger partial charge >= 0.3 is 0 Å². The molecule has 0 saturated heterocycles. The van der Waals surface area contributed by atoms with E-state index < -0.39 is 0 Å². The molecule has 1 rings (SSSR count). The van der Waals surface area contributed by atoms with E-state index in [1.165, 1.54) is 6.42 Å². The highest BCUT2D eigenvalue weighted by atomic mass is 35.5. The molecule has 0 unspecified atom stereocenters. The molecule has 1 aromatic heterocycles. The van der Waals surface area contributed by atoms with Gasteiger partial charge in [-0.3, -0.25) is 0 Å². The van der Waals surface area contributed by atoms with Gasteiger partial charge < -0.3 is 10.6 Å². The van der Waals surface area contributed by atoms with Crippen molar-refractivity contribution >= 4 is 17.4 Å². The van der Waals surface area contributed by atoms with Gasteiger partial charge in [0.1, 0.15) is 5.82 Å². The standard InChI is InChI=1S/C12H20ClN3/c1-3-5-6-16(4-2)12-11(13)7-10(8-14)9-15-12/h7,9H,3-6,8,14H2,1-2H3. The summed E-state index contributed by atoms with van der Waals surface area (Å²) < 4.78 is 0. The summed E-state index contributed by atoms with van der Waals surface area (Å²) in [5.41, 5.74) is 6.52. The summed E-state index contributed by atoms with van der Waals surface area (Å²) >= 11 is 6.20. The van der Waals surface area contributed by atoms with Crippen molar-refractivity contribution in [2.45, 2.75) is 33.2 Å². The smallest absolute Gasteiger partial charge is 0.147 e. The van der Waals surface area contributed by atoms with Crippen LogP contribution in [0.2, 0.25) is 5.02 Å². The number of halogens is 1. The lowest BCUT2D eigenvalue weighted by Crippen LogP contribution is -2.25. The van der Waals surface area contributed by atoms with E-state index in [4.69, 9.17) is 17.3 Å². The second-order valence-corrected chi connectivity index (χ2v) is 4.19. The molecular weight excluding hydrogens is 222 g/mol. The van der Waals surface area contributed by atoms with Gasteiger partial charge in [0.05, 0.1) is 5.02 Å². The highest BCUT2D eigenvalue weighted by Gasteiger charge is 2.10. The van der Waals surface area contributed by atoms with E-state index in [-0.39, 0.29) is 0 Å². The number of anilines is 1. The molecule has 0 saturated carbocycles. The third kappa shape index (κ3) is 3.35. The molecule has 0 aromatic carbocycles. The van der Waals surface area contributed by atoms with Crippen molar-refractivity contribution in [3.8, 4) is 0 Å². The van der Waals surface area contributed by atoms with Crippen molar-refractivity contribution in [1.82, 2.24) is 4.98 Å². The van der Waals surface area contributed by atoms with Crippen molar-refractivity contribution in [3.05, 3.63) is 22.8 Å². The van der Waals surface area contributed by atoms with Crippen LogP contribution in [-0.4, -0.2) is 18.1 Å². The average molecular weight is 242 g/mol. The van der Waals surface area contributed by atoms with E-state index in [2.05, 4.69) is 23.7 Å². The van der Waals surface area contributed by atoms with E-state index in [0.29, 0.717) is 11.6 Å². The molecule has 0 fully saturated rings. The van der Waals surface area contributed by atoms with Gasteiger partial charge in [0.25, 0.3) is 0 Å². The van der Waals surface area contributed by atoms with Gasteiger partial charge in [0, 0.05) is 25.8 Å². The van der Waals surface area contributed by atoms with Crippen LogP contribution in [-0.2, 0) is 6.54 Å². The SMILES string of the molecule is CCCCN(CC)c1ncc(CN)cc1Cl. The fourth-order valence-corrected chi connectivity index (χ4v) is 1.89. The molecule has 0 spiro atoms. The Morgan fingerprint density at radius 2 is 2.19 bits per heavy atom. The van der Waals surface area contributed by atoms with E-state index >= 15 is 0 Å². The summed E-state index contributed by atoms with van der Waals surface area (Å²) in [6.07, 6.45) is 4.13. The monoisotopic (exact) mass is 241 g/mol. The fourth-order valence-electron chi connectivity index (χ4n) is 1.58. The Labute approximate surface area is 103 Å². The first kappa shape index (κ1) is 13.3. The van der Waals surface area contributed by atoms with E-state index in [1.807, 2.05) is 6.07 Å². The number of rotatable bonds is 6. The van der Waals surface area contributed by atoms with Crippen molar-refractivity contribution in [2.24, 2.45) is 5.73 Å². The molecule has 1 heterocycles. The van der Waals surface area contributed by atoms with Gasteiger partial charge in [-0.15, -0.1) is 0 Å². The maximum Gasteiger partial charge on any atom is 0.147 e. The number of nitrogens with two attached hydrogens (primary N) is 1. The molecule has 90 valence electrons. The van der Waals surface area contributed by atoms with E-state index in [9.17, 15) is 0 Å². The first-order valence-electron chi connectivity index (χ1n) is 5.82. The van der Waals surface area contributed by atoms with Crippen LogP contribution in [0.25, 0.3) is 0 Å². The van der Waals surface area contributed by atoms with Crippen molar-refractivity contribution in [3.63, 3.8) is 0 Å². The molecule has 0 aliphatic heterocycles. The Kier molecular flexibility index (Phi) is 5.56. The van der Waals surface area contributed by atoms with Gasteiger partial charge in [0.2, 0.25) is 0 Å². The van der Waals surface area contributed by atoms with Crippen molar-refractivity contribution in [1.29, 1.82) is 0 Å². The van der Waals surface area contributed by atoms with Crippen molar-refractivity contribution < 1.29 is 0 Å². The van der Waals surface area contributed by atoms with Crippen LogP contribution in [0.15, 0.2) is 12.3 Å². The van der Waals surface area contributed by atoms with Gasteiger partial charge in [-0.2, -0.15) is 0 Å². The van der Waals surface area contributed by atoms with Gasteiger partial charge in [-0.05, 0) is 25.0 Å². The Bertz CT molecular complexity index is 328. The predicted octanol–water partition coefficient (Wildman–Crippen LogP) is 2.82. The zero-order valence-corrected chi connectivity index (χ0v) is 10.8. The molecule has 0 amide bonds. The second-order valence-electron chi connectivity index (χ2n) is 3.79. The topological polar surface area (TPSA) is 42.2 Å². The molecule has 0 radical (unpaired) electrons. The summed E-state index contributed by atoms with van der Waals surface area (Å²) in [5, 5.41) is 0.695. The molecule has 1 aromatic rings. The lowest BCUT2D eigenvalue weighted by molar-refractivity contribution is 0.723. The highest BCUT2D eigenvalue weighted by Crippen LogP contribution is 2.24. The van der Waals surface area contributed by atoms with Crippen LogP contribution in [0.4, 0.5) is 5.82 Å². The summed E-state index contributed by atoms with van der Waals surface area (Å²) in [6.45, 7) is 6.70. The molecular formula is C12H20ClN3. The number of aromatic nitrogens is 1. The average Bonchev–Trinajstić information content (AvgIpc) is 2.31. The molecule has 3 nitrogen and oxygen atoms in total. The Hall–Kier alpha value is -0.800. The zero-order chi connectivity index (χ0) is 12.0. The molecule has 0 bridgehead atoms. The number of hydrogen-bond acceptors (Lipinski definition) is 3. The van der Waals surface area contributed by atoms with Crippen LogP contribution >= 0.6 is 11.6 Å². The number of hydrogen-bond donors (Lipinski definition) is 1. The molecule has 2 N–H and O–H groups in total. The van der Waals surface area contributed by atoms with Crippen LogP contribution in [0, 0.1) is 0 Å². The van der Waals surface area contributed by atoms with Crippen molar-refractivity contribution in [2.75, 3.05) is 18.0 Å². The number of nitrogens with zero attached hydrogens (tertiary/aromatic N) is 2. The van der Waals surface area contributed by atoms with Crippen LogP contribution < -0.4 is 10.6 Å². The summed E-state index contributed by atoms with van der Waals surface area (Å²) in [5.74, 6) is 0.870. The molecule has 0 aliphatic carbocycles. The maximum absolute atomic E-state index is 6.20. The number of unbranched alkanes of at least 4 members (excludes halogenated alkanes) is 1. The first-order chi connectivity index (χ1) is 7.72. The fraction of sp³-hybridized carbons (Fsp3) is 0.583. The third-order valence-electron chi connectivity index (χ3n) is 2.58. The Morgan fingerprint density at radius 1 is 1.44 bits per heavy atom. The zero-order valence-electron chi connectivity index (χ0n) is 10.0. The first-order valence-corrected chi connectivity index (χ1v) is 6.20. The largest absolute Gasteiger partial charge is 0.356 e. The third-order valence-corrected chi connectivity index (χ3v) is 2.86. The van der Waals surface area contributed by atoms with Crippen LogP contribution in [0.5, 0.6) is 0 Å². The summed E-state index contributed by atoms with van der Waals surface area (Å²) in [6, 6.07) is 1.90. The summed E-state index contributed by atoms with van der Waals surface area (Å²) in [4.78, 5) is 6.59. The predicted molar refractivity (Wildman–Crippen MR) is 69.9 cm³/mol. The highest BCUT2D eigenvalue weighted by molar-refractivity contribution is 6.33. The lowest BCUT2D eigenvalue weighted by Gasteiger charge is -2.22. The van der Waals surface area contributed by atoms with E-state index in [0.717, 1.165) is 30.9 Å². The Balaban J connectivity index is 2.83. The molecule has 16 heavy (non-hydrogen) atoms. The maximum atomic E-state index is 6.20. The second kappa shape index (κ2) is 6.71. The van der Waals surface area contributed by atoms with Crippen LogP contribution in [0.3, 0.4) is 0 Å². The molecule has 0 aliphatic rings. The lowest BCUT2D eigenvalue weighted by atomic mass is 10.2. The number of pyridine rings is 1. The minimum atomic E-state index is 0.480. The Morgan fingerprint density at radius 3 is 2.69 bits per heavy atom. The normalized spacial score (nSPS) is 10.5. The van der Waals surface area contributed by atoms with Crippen LogP contribution in [0.1, 0.15) is 32.3 Å². The quantitative estimate of drug-likeness (QED) is 0.833. The molecule has 0 atom stereocenters. The van der Waals surface area contributed by atoms with Gasteiger partial charge in [0.15, 0.2) is 0 Å². The minimum absolute atomic E-state index is 0.480. The van der Waals surface area contributed by atoms with Gasteiger partial charge in [-0.25, -0.2) is 4.98 Å². The molecule has 4 heteroatoms. The summed E-state index contributed by atoms with van der Waals surface area (Å²) in [7, 11) is 0. The van der Waals surface area contributed by atoms with Gasteiger partial charge in [-0.1, -0.05) is 24.9 Å².